The van der Waals surface area contributed by atoms with Gasteiger partial charge in [-0.05, 0) is 39.7 Å². The lowest BCUT2D eigenvalue weighted by Crippen LogP contribution is -2.48. The Hall–Kier alpha value is -2.64. The van der Waals surface area contributed by atoms with Crippen molar-refractivity contribution in [1.82, 2.24) is 20.1 Å². The van der Waals surface area contributed by atoms with Gasteiger partial charge in [0.15, 0.2) is 5.65 Å². The van der Waals surface area contributed by atoms with Gasteiger partial charge in [0.25, 0.3) is 0 Å². The second-order valence-electron chi connectivity index (χ2n) is 7.66. The van der Waals surface area contributed by atoms with Crippen LogP contribution in [0.2, 0.25) is 0 Å². The van der Waals surface area contributed by atoms with E-state index in [-0.39, 0.29) is 11.8 Å². The highest BCUT2D eigenvalue weighted by Crippen LogP contribution is 2.20. The molecule has 0 aliphatic carbocycles. The summed E-state index contributed by atoms with van der Waals surface area (Å²) in [6.07, 6.45) is 0.953. The Morgan fingerprint density at radius 3 is 2.50 bits per heavy atom. The van der Waals surface area contributed by atoms with Gasteiger partial charge in [0.05, 0.1) is 17.6 Å². The summed E-state index contributed by atoms with van der Waals surface area (Å²) in [5, 5.41) is 10.6. The number of aromatic nitrogens is 3. The van der Waals surface area contributed by atoms with Crippen LogP contribution in [0.1, 0.15) is 40.3 Å². The second-order valence-corrected chi connectivity index (χ2v) is 7.66. The van der Waals surface area contributed by atoms with E-state index < -0.39 is 17.7 Å². The van der Waals surface area contributed by atoms with Crippen molar-refractivity contribution in [3.63, 3.8) is 0 Å². The maximum Gasteiger partial charge on any atom is 0.408 e. The molecule has 8 nitrogen and oxygen atoms in total. The van der Waals surface area contributed by atoms with Crippen molar-refractivity contribution in [2.45, 2.75) is 53.2 Å². The van der Waals surface area contributed by atoms with Gasteiger partial charge in [0.2, 0.25) is 5.91 Å². The fourth-order valence-corrected chi connectivity index (χ4v) is 2.57. The standard InChI is InChI=1S/C18H27N5O3/c1-10(2)14(21-17(25)26-18(4,5)6)16(24)20-12-8-13-11(3)22-23(7)15(13)19-9-12/h8-10,14H,1-7H3,(H,20,24)(H,21,25). The molecule has 0 saturated carbocycles. The highest BCUT2D eigenvalue weighted by molar-refractivity contribution is 5.98. The minimum absolute atomic E-state index is 0.112. The summed E-state index contributed by atoms with van der Waals surface area (Å²) in [5.41, 5.74) is 1.50. The van der Waals surface area contributed by atoms with E-state index in [0.717, 1.165) is 16.7 Å². The molecule has 1 unspecified atom stereocenters. The van der Waals surface area contributed by atoms with Crippen molar-refractivity contribution in [2.75, 3.05) is 5.32 Å². The molecule has 0 aliphatic heterocycles. The van der Waals surface area contributed by atoms with Crippen LogP contribution in [0.4, 0.5) is 10.5 Å². The van der Waals surface area contributed by atoms with Crippen molar-refractivity contribution in [3.05, 3.63) is 18.0 Å². The van der Waals surface area contributed by atoms with E-state index in [4.69, 9.17) is 4.74 Å². The number of amides is 2. The smallest absolute Gasteiger partial charge is 0.408 e. The monoisotopic (exact) mass is 361 g/mol. The van der Waals surface area contributed by atoms with Crippen LogP contribution in [0.3, 0.4) is 0 Å². The molecular formula is C18H27N5O3. The molecule has 2 aromatic rings. The van der Waals surface area contributed by atoms with Crippen molar-refractivity contribution >= 4 is 28.7 Å². The molecule has 0 saturated heterocycles. The molecule has 2 N–H and O–H groups in total. The summed E-state index contributed by atoms with van der Waals surface area (Å²) >= 11 is 0. The number of fused-ring (bicyclic) bond motifs is 1. The summed E-state index contributed by atoms with van der Waals surface area (Å²) in [5.74, 6) is -0.437. The summed E-state index contributed by atoms with van der Waals surface area (Å²) in [6.45, 7) is 10.9. The van der Waals surface area contributed by atoms with Gasteiger partial charge in [-0.1, -0.05) is 13.8 Å². The Balaban J connectivity index is 2.14. The summed E-state index contributed by atoms with van der Waals surface area (Å²) in [4.78, 5) is 29.0. The van der Waals surface area contributed by atoms with Crippen molar-refractivity contribution in [1.29, 1.82) is 0 Å². The zero-order chi connectivity index (χ0) is 19.6. The number of anilines is 1. The van der Waals surface area contributed by atoms with E-state index in [9.17, 15) is 9.59 Å². The number of nitrogens with one attached hydrogen (secondary N) is 2. The molecule has 1 atom stereocenters. The fourth-order valence-electron chi connectivity index (χ4n) is 2.57. The highest BCUT2D eigenvalue weighted by Gasteiger charge is 2.27. The van der Waals surface area contributed by atoms with Crippen LogP contribution in [0.25, 0.3) is 11.0 Å². The van der Waals surface area contributed by atoms with Crippen LogP contribution in [0.5, 0.6) is 0 Å². The van der Waals surface area contributed by atoms with E-state index >= 15 is 0 Å². The molecule has 142 valence electrons. The molecule has 2 rings (SSSR count). The topological polar surface area (TPSA) is 98.1 Å². The van der Waals surface area contributed by atoms with Gasteiger partial charge in [-0.3, -0.25) is 9.48 Å². The fraction of sp³-hybridized carbons (Fsp3) is 0.556. The predicted molar refractivity (Wildman–Crippen MR) is 99.9 cm³/mol. The average molecular weight is 361 g/mol. The van der Waals surface area contributed by atoms with E-state index in [0.29, 0.717) is 5.69 Å². The Morgan fingerprint density at radius 2 is 1.92 bits per heavy atom. The van der Waals surface area contributed by atoms with Crippen molar-refractivity contribution in [2.24, 2.45) is 13.0 Å². The number of pyridine rings is 1. The zero-order valence-electron chi connectivity index (χ0n) is 16.4. The minimum Gasteiger partial charge on any atom is -0.444 e. The quantitative estimate of drug-likeness (QED) is 0.872. The molecule has 2 heterocycles. The number of aryl methyl sites for hydroxylation is 2. The minimum atomic E-state index is -0.726. The number of carbonyl (C=O) groups is 2. The molecule has 0 spiro atoms. The van der Waals surface area contributed by atoms with Crippen LogP contribution in [-0.2, 0) is 16.6 Å². The number of hydrogen-bond acceptors (Lipinski definition) is 5. The maximum absolute atomic E-state index is 12.7. The SMILES string of the molecule is Cc1nn(C)c2ncc(NC(=O)C(NC(=O)OC(C)(C)C)C(C)C)cc12. The average Bonchev–Trinajstić information content (AvgIpc) is 2.77. The van der Waals surface area contributed by atoms with E-state index in [1.807, 2.05) is 33.9 Å². The number of ether oxygens (including phenoxy) is 1. The van der Waals surface area contributed by atoms with E-state index in [1.165, 1.54) is 0 Å². The van der Waals surface area contributed by atoms with Gasteiger partial charge in [-0.15, -0.1) is 0 Å². The summed E-state index contributed by atoms with van der Waals surface area (Å²) in [7, 11) is 1.82. The maximum atomic E-state index is 12.7. The third kappa shape index (κ3) is 4.71. The van der Waals surface area contributed by atoms with Crippen LogP contribution < -0.4 is 10.6 Å². The second kappa shape index (κ2) is 7.31. The lowest BCUT2D eigenvalue weighted by molar-refractivity contribution is -0.119. The number of hydrogen-bond donors (Lipinski definition) is 2. The van der Waals surface area contributed by atoms with Gasteiger partial charge in [0.1, 0.15) is 11.6 Å². The van der Waals surface area contributed by atoms with Gasteiger partial charge in [0, 0.05) is 12.4 Å². The Kier molecular flexibility index (Phi) is 5.53. The number of alkyl carbamates (subject to hydrolysis) is 1. The lowest BCUT2D eigenvalue weighted by atomic mass is 10.0. The van der Waals surface area contributed by atoms with E-state index in [2.05, 4.69) is 20.7 Å². The molecule has 26 heavy (non-hydrogen) atoms. The third-order valence-corrected chi connectivity index (χ3v) is 3.75. The van der Waals surface area contributed by atoms with Gasteiger partial charge in [-0.2, -0.15) is 5.10 Å². The molecule has 2 aromatic heterocycles. The lowest BCUT2D eigenvalue weighted by Gasteiger charge is -2.25. The van der Waals surface area contributed by atoms with Crippen LogP contribution >= 0.6 is 0 Å². The van der Waals surface area contributed by atoms with E-state index in [1.54, 1.807) is 31.6 Å². The van der Waals surface area contributed by atoms with Gasteiger partial charge < -0.3 is 15.4 Å². The summed E-state index contributed by atoms with van der Waals surface area (Å²) < 4.78 is 6.93. The first-order chi connectivity index (χ1) is 12.0. The molecule has 0 aliphatic rings. The Bertz CT molecular complexity index is 820. The first-order valence-corrected chi connectivity index (χ1v) is 8.57. The number of rotatable bonds is 4. The van der Waals surface area contributed by atoms with Gasteiger partial charge >= 0.3 is 6.09 Å². The Labute approximate surface area is 153 Å². The van der Waals surface area contributed by atoms with Crippen LogP contribution in [-0.4, -0.2) is 38.4 Å². The molecule has 2 amide bonds. The largest absolute Gasteiger partial charge is 0.444 e. The molecule has 8 heteroatoms. The first kappa shape index (κ1) is 19.7. The molecule has 0 aromatic carbocycles. The third-order valence-electron chi connectivity index (χ3n) is 3.75. The summed E-state index contributed by atoms with van der Waals surface area (Å²) in [6, 6.07) is 1.10. The van der Waals surface area contributed by atoms with Crippen molar-refractivity contribution in [3.8, 4) is 0 Å². The van der Waals surface area contributed by atoms with Crippen LogP contribution in [0, 0.1) is 12.8 Å². The molecule has 0 fully saturated rings. The number of carbonyl (C=O) groups excluding carboxylic acids is 2. The first-order valence-electron chi connectivity index (χ1n) is 8.57. The van der Waals surface area contributed by atoms with Crippen molar-refractivity contribution < 1.29 is 14.3 Å². The molecule has 0 radical (unpaired) electrons. The normalized spacial score (nSPS) is 12.9. The zero-order valence-corrected chi connectivity index (χ0v) is 16.4. The Morgan fingerprint density at radius 1 is 1.27 bits per heavy atom. The molecular weight excluding hydrogens is 334 g/mol. The predicted octanol–water partition coefficient (Wildman–Crippen LogP) is 2.76. The highest BCUT2D eigenvalue weighted by atomic mass is 16.6. The molecule has 0 bridgehead atoms. The van der Waals surface area contributed by atoms with Gasteiger partial charge in [-0.25, -0.2) is 9.78 Å². The number of nitrogens with zero attached hydrogens (tertiary/aromatic N) is 3. The van der Waals surface area contributed by atoms with Crippen LogP contribution in [0.15, 0.2) is 12.3 Å².